The molecule has 4 atom stereocenters. The molecule has 0 N–H and O–H groups in total. The number of methoxy groups -OCH3 is 1. The fraction of sp³-hybridized carbons (Fsp3) is 0.500. The van der Waals surface area contributed by atoms with Gasteiger partial charge in [0.05, 0.1) is 16.1 Å². The van der Waals surface area contributed by atoms with E-state index >= 15 is 0 Å². The van der Waals surface area contributed by atoms with Crippen molar-refractivity contribution in [2.75, 3.05) is 11.5 Å². The van der Waals surface area contributed by atoms with E-state index in [0.717, 1.165) is 0 Å². The Morgan fingerprint density at radius 1 is 1.45 bits per heavy atom. The topological polar surface area (TPSA) is 44.8 Å². The van der Waals surface area contributed by atoms with Gasteiger partial charge in [0.25, 0.3) is 0 Å². The number of halogens is 2. The molecule has 1 saturated heterocycles. The van der Waals surface area contributed by atoms with E-state index in [0.29, 0.717) is 9.99 Å². The van der Waals surface area contributed by atoms with Crippen molar-refractivity contribution in [1.82, 2.24) is 0 Å². The van der Waals surface area contributed by atoms with Gasteiger partial charge < -0.3 is 14.2 Å². The van der Waals surface area contributed by atoms with Crippen LogP contribution in [0.4, 0.5) is 4.39 Å². The van der Waals surface area contributed by atoms with Crippen LogP contribution in [0.3, 0.4) is 0 Å². The van der Waals surface area contributed by atoms with E-state index in [1.165, 1.54) is 7.11 Å². The largest absolute Gasteiger partial charge is 0.450 e. The van der Waals surface area contributed by atoms with E-state index in [1.54, 1.807) is 37.3 Å². The van der Waals surface area contributed by atoms with Gasteiger partial charge in [0.15, 0.2) is 12.3 Å². The summed E-state index contributed by atoms with van der Waals surface area (Å²) in [4.78, 5) is 12.1. The van der Waals surface area contributed by atoms with Crippen molar-refractivity contribution in [3.8, 4) is 0 Å². The number of hydrogen-bond acceptors (Lipinski definition) is 4. The Bertz CT molecular complexity index is 464. The van der Waals surface area contributed by atoms with Crippen LogP contribution in [0.5, 0.6) is 0 Å². The van der Waals surface area contributed by atoms with E-state index in [4.69, 9.17) is 14.2 Å². The summed E-state index contributed by atoms with van der Waals surface area (Å²) < 4.78 is 30.7. The maximum atomic E-state index is 14.2. The molecule has 0 amide bonds. The summed E-state index contributed by atoms with van der Waals surface area (Å²) in [5.41, 5.74) is 0.373. The monoisotopic (exact) mass is 394 g/mol. The second-order valence-electron chi connectivity index (χ2n) is 4.61. The number of esters is 1. The Hall–Kier alpha value is -0.730. The zero-order chi connectivity index (χ0) is 14.8. The third-order valence-corrected chi connectivity index (χ3v) is 4.40. The molecule has 0 saturated carbocycles. The first-order chi connectivity index (χ1) is 9.54. The lowest BCUT2D eigenvalue weighted by atomic mass is 10.1. The lowest BCUT2D eigenvalue weighted by Crippen LogP contribution is -2.48. The van der Waals surface area contributed by atoms with Crippen LogP contribution in [-0.4, -0.2) is 41.7 Å². The van der Waals surface area contributed by atoms with Crippen molar-refractivity contribution in [1.29, 1.82) is 0 Å². The Morgan fingerprint density at radius 2 is 2.10 bits per heavy atom. The SMILES string of the molecule is CO[C@]1(CI)OC(C)[C@H](F)[C@@H]1OC(=O)c1ccccc1. The number of hydrogen-bond donors (Lipinski definition) is 0. The maximum Gasteiger partial charge on any atom is 0.338 e. The quantitative estimate of drug-likeness (QED) is 0.448. The smallest absolute Gasteiger partial charge is 0.338 e. The van der Waals surface area contributed by atoms with E-state index < -0.39 is 30.1 Å². The molecule has 0 aliphatic carbocycles. The first-order valence-corrected chi connectivity index (χ1v) is 7.75. The molecule has 1 fully saturated rings. The minimum Gasteiger partial charge on any atom is -0.450 e. The molecular weight excluding hydrogens is 378 g/mol. The van der Waals surface area contributed by atoms with Crippen molar-refractivity contribution in [2.45, 2.75) is 31.1 Å². The first kappa shape index (κ1) is 15.7. The van der Waals surface area contributed by atoms with Crippen molar-refractivity contribution in [2.24, 2.45) is 0 Å². The summed E-state index contributed by atoms with van der Waals surface area (Å²) in [5.74, 6) is -1.81. The highest BCUT2D eigenvalue weighted by Crippen LogP contribution is 2.37. The van der Waals surface area contributed by atoms with Crippen LogP contribution in [0.15, 0.2) is 30.3 Å². The van der Waals surface area contributed by atoms with Gasteiger partial charge in [0.1, 0.15) is 0 Å². The third-order valence-electron chi connectivity index (χ3n) is 3.33. The minimum absolute atomic E-state index is 0.360. The fourth-order valence-corrected chi connectivity index (χ4v) is 3.10. The van der Waals surface area contributed by atoms with Gasteiger partial charge in [-0.05, 0) is 19.1 Å². The molecule has 1 aliphatic rings. The molecule has 0 bridgehead atoms. The highest BCUT2D eigenvalue weighted by Gasteiger charge is 2.57. The zero-order valence-electron chi connectivity index (χ0n) is 11.2. The standard InChI is InChI=1S/C14H16FIO4/c1-9-11(15)12(14(8-16,18-2)20-9)19-13(17)10-6-4-3-5-7-10/h3-7,9,11-12H,8H2,1-2H3/t9?,11-,12-,14+/m0/s1. The summed E-state index contributed by atoms with van der Waals surface area (Å²) in [6, 6.07) is 8.47. The second kappa shape index (κ2) is 6.36. The van der Waals surface area contributed by atoms with Gasteiger partial charge in [-0.1, -0.05) is 40.8 Å². The van der Waals surface area contributed by atoms with E-state index in [1.807, 2.05) is 22.6 Å². The molecule has 0 spiro atoms. The molecule has 1 aromatic carbocycles. The molecule has 2 rings (SSSR count). The van der Waals surface area contributed by atoms with Gasteiger partial charge in [-0.2, -0.15) is 0 Å². The molecule has 0 aromatic heterocycles. The molecule has 20 heavy (non-hydrogen) atoms. The zero-order valence-corrected chi connectivity index (χ0v) is 13.4. The molecule has 1 aromatic rings. The first-order valence-electron chi connectivity index (χ1n) is 6.23. The van der Waals surface area contributed by atoms with Crippen molar-refractivity contribution < 1.29 is 23.4 Å². The number of ether oxygens (including phenoxy) is 3. The van der Waals surface area contributed by atoms with Gasteiger partial charge in [-0.25, -0.2) is 9.18 Å². The Balaban J connectivity index is 2.19. The molecule has 1 aliphatic heterocycles. The third kappa shape index (κ3) is 2.82. The Kier molecular flexibility index (Phi) is 4.98. The van der Waals surface area contributed by atoms with Crippen LogP contribution in [0, 0.1) is 0 Å². The van der Waals surface area contributed by atoms with Crippen molar-refractivity contribution >= 4 is 28.6 Å². The molecule has 1 unspecified atom stereocenters. The van der Waals surface area contributed by atoms with Crippen LogP contribution in [-0.2, 0) is 14.2 Å². The number of carbonyl (C=O) groups is 1. The van der Waals surface area contributed by atoms with E-state index in [9.17, 15) is 9.18 Å². The Morgan fingerprint density at radius 3 is 2.65 bits per heavy atom. The van der Waals surface area contributed by atoms with Crippen LogP contribution < -0.4 is 0 Å². The number of benzene rings is 1. The summed E-state index contributed by atoms with van der Waals surface area (Å²) >= 11 is 2.03. The lowest BCUT2D eigenvalue weighted by Gasteiger charge is -2.30. The molecular formula is C14H16FIO4. The average Bonchev–Trinajstić information content (AvgIpc) is 2.73. The van der Waals surface area contributed by atoms with Crippen LogP contribution in [0.2, 0.25) is 0 Å². The van der Waals surface area contributed by atoms with Crippen LogP contribution >= 0.6 is 22.6 Å². The van der Waals surface area contributed by atoms with Crippen molar-refractivity contribution in [3.05, 3.63) is 35.9 Å². The molecule has 1 heterocycles. The van der Waals surface area contributed by atoms with Gasteiger partial charge in [-0.3, -0.25) is 0 Å². The van der Waals surface area contributed by atoms with Gasteiger partial charge in [-0.15, -0.1) is 0 Å². The highest BCUT2D eigenvalue weighted by atomic mass is 127. The van der Waals surface area contributed by atoms with Crippen LogP contribution in [0.25, 0.3) is 0 Å². The molecule has 110 valence electrons. The second-order valence-corrected chi connectivity index (χ2v) is 5.37. The predicted octanol–water partition coefficient (Wildman–Crippen LogP) is 2.75. The number of alkyl halides is 2. The van der Waals surface area contributed by atoms with E-state index in [-0.39, 0.29) is 0 Å². The summed E-state index contributed by atoms with van der Waals surface area (Å²) in [6.45, 7) is 1.60. The number of carbonyl (C=O) groups excluding carboxylic acids is 1. The molecule has 4 nitrogen and oxygen atoms in total. The van der Waals surface area contributed by atoms with Crippen LogP contribution in [0.1, 0.15) is 17.3 Å². The highest BCUT2D eigenvalue weighted by molar-refractivity contribution is 14.1. The van der Waals surface area contributed by atoms with Gasteiger partial charge in [0, 0.05) is 7.11 Å². The van der Waals surface area contributed by atoms with Crippen molar-refractivity contribution in [3.63, 3.8) is 0 Å². The normalized spacial score (nSPS) is 33.1. The van der Waals surface area contributed by atoms with E-state index in [2.05, 4.69) is 0 Å². The maximum absolute atomic E-state index is 14.2. The Labute approximate surface area is 130 Å². The summed E-state index contributed by atoms with van der Waals surface area (Å²) in [6.07, 6.45) is -3.18. The average molecular weight is 394 g/mol. The predicted molar refractivity (Wildman–Crippen MR) is 79.7 cm³/mol. The molecule has 0 radical (unpaired) electrons. The lowest BCUT2D eigenvalue weighted by molar-refractivity contribution is -0.224. The number of rotatable bonds is 4. The fourth-order valence-electron chi connectivity index (χ4n) is 2.17. The van der Waals surface area contributed by atoms with Gasteiger partial charge >= 0.3 is 5.97 Å². The summed E-state index contributed by atoms with van der Waals surface area (Å²) in [7, 11) is 1.42. The molecule has 6 heteroatoms. The minimum atomic E-state index is -1.42. The summed E-state index contributed by atoms with van der Waals surface area (Å²) in [5, 5.41) is 0. The van der Waals surface area contributed by atoms with Gasteiger partial charge in [0.2, 0.25) is 5.79 Å².